The summed E-state index contributed by atoms with van der Waals surface area (Å²) in [5, 5.41) is 6.48. The van der Waals surface area contributed by atoms with Crippen molar-refractivity contribution in [3.8, 4) is 0 Å². The Kier molecular flexibility index (Phi) is 4.19. The van der Waals surface area contributed by atoms with E-state index in [1.54, 1.807) is 6.92 Å². The van der Waals surface area contributed by atoms with Crippen molar-refractivity contribution in [3.63, 3.8) is 0 Å². The predicted molar refractivity (Wildman–Crippen MR) is 73.2 cm³/mol. The lowest BCUT2D eigenvalue weighted by Crippen LogP contribution is -2.34. The van der Waals surface area contributed by atoms with Crippen LogP contribution < -0.4 is 5.73 Å². The number of nitrogens with one attached hydrogen (secondary N) is 1. The second kappa shape index (κ2) is 5.43. The lowest BCUT2D eigenvalue weighted by atomic mass is 10.4. The second-order valence-corrected chi connectivity index (χ2v) is 8.92. The summed E-state index contributed by atoms with van der Waals surface area (Å²) in [6.07, 6.45) is 0.302. The molecule has 1 fully saturated rings. The largest absolute Gasteiger partial charge is 0.325 e. The van der Waals surface area contributed by atoms with Crippen LogP contribution in [-0.2, 0) is 26.4 Å². The van der Waals surface area contributed by atoms with E-state index in [-0.39, 0.29) is 41.7 Å². The van der Waals surface area contributed by atoms with Crippen molar-refractivity contribution in [2.45, 2.75) is 24.8 Å². The summed E-state index contributed by atoms with van der Waals surface area (Å²) in [5.41, 5.74) is 6.19. The average molecular weight is 322 g/mol. The minimum Gasteiger partial charge on any atom is -0.325 e. The topological polar surface area (TPSA) is 126 Å². The molecule has 0 aliphatic carbocycles. The van der Waals surface area contributed by atoms with Gasteiger partial charge < -0.3 is 5.73 Å². The van der Waals surface area contributed by atoms with E-state index in [1.807, 2.05) is 0 Å². The van der Waals surface area contributed by atoms with Crippen molar-refractivity contribution in [3.05, 3.63) is 11.4 Å². The molecule has 0 spiro atoms. The van der Waals surface area contributed by atoms with Crippen LogP contribution in [0.2, 0.25) is 0 Å². The van der Waals surface area contributed by atoms with E-state index in [2.05, 4.69) is 10.2 Å². The Morgan fingerprint density at radius 2 is 2.05 bits per heavy atom. The number of aromatic nitrogens is 2. The van der Waals surface area contributed by atoms with Gasteiger partial charge in [0, 0.05) is 19.6 Å². The molecule has 1 aliphatic rings. The highest BCUT2D eigenvalue weighted by molar-refractivity contribution is 7.91. The van der Waals surface area contributed by atoms with Crippen molar-refractivity contribution in [2.75, 3.05) is 24.6 Å². The van der Waals surface area contributed by atoms with Gasteiger partial charge in [-0.3, -0.25) is 5.10 Å². The Balaban J connectivity index is 2.37. The number of rotatable bonds is 3. The van der Waals surface area contributed by atoms with Gasteiger partial charge in [0.25, 0.3) is 0 Å². The molecule has 20 heavy (non-hydrogen) atoms. The predicted octanol–water partition coefficient (Wildman–Crippen LogP) is -1.01. The summed E-state index contributed by atoms with van der Waals surface area (Å²) in [4.78, 5) is 0.0688. The van der Waals surface area contributed by atoms with Gasteiger partial charge >= 0.3 is 0 Å². The van der Waals surface area contributed by atoms with Crippen molar-refractivity contribution in [2.24, 2.45) is 5.73 Å². The van der Waals surface area contributed by atoms with Crippen LogP contribution >= 0.6 is 0 Å². The zero-order valence-electron chi connectivity index (χ0n) is 11.2. The summed E-state index contributed by atoms with van der Waals surface area (Å²) in [5.74, 6) is -0.131. The van der Waals surface area contributed by atoms with Gasteiger partial charge in [-0.1, -0.05) is 0 Å². The van der Waals surface area contributed by atoms with Gasteiger partial charge in [-0.2, -0.15) is 9.40 Å². The molecule has 0 atom stereocenters. The first-order valence-corrected chi connectivity index (χ1v) is 9.48. The van der Waals surface area contributed by atoms with Crippen molar-refractivity contribution in [1.82, 2.24) is 14.5 Å². The molecule has 0 unspecified atom stereocenters. The van der Waals surface area contributed by atoms with Crippen LogP contribution in [0.15, 0.2) is 4.90 Å². The highest BCUT2D eigenvalue weighted by Crippen LogP contribution is 2.23. The van der Waals surface area contributed by atoms with Crippen molar-refractivity contribution < 1.29 is 16.8 Å². The van der Waals surface area contributed by atoms with Gasteiger partial charge in [0.2, 0.25) is 10.0 Å². The molecule has 2 rings (SSSR count). The minimum atomic E-state index is -3.77. The van der Waals surface area contributed by atoms with E-state index in [0.717, 1.165) is 0 Å². The van der Waals surface area contributed by atoms with Gasteiger partial charge in [-0.05, 0) is 13.3 Å². The smallest absolute Gasteiger partial charge is 0.246 e. The summed E-state index contributed by atoms with van der Waals surface area (Å²) in [7, 11) is -6.93. The van der Waals surface area contributed by atoms with Gasteiger partial charge in [-0.15, -0.1) is 0 Å². The molecule has 0 aromatic carbocycles. The van der Waals surface area contributed by atoms with Crippen LogP contribution in [-0.4, -0.2) is 55.9 Å². The van der Waals surface area contributed by atoms with Gasteiger partial charge in [0.1, 0.15) is 4.90 Å². The highest BCUT2D eigenvalue weighted by Gasteiger charge is 2.32. The average Bonchev–Trinajstić information content (AvgIpc) is 2.64. The van der Waals surface area contributed by atoms with Crippen molar-refractivity contribution >= 4 is 19.9 Å². The van der Waals surface area contributed by atoms with Crippen LogP contribution in [0.1, 0.15) is 17.8 Å². The summed E-state index contributed by atoms with van der Waals surface area (Å²) >= 11 is 0. The number of aromatic amines is 1. The number of sulfone groups is 1. The Labute approximate surface area is 118 Å². The fourth-order valence-corrected chi connectivity index (χ4v) is 5.44. The molecular formula is C10H18N4O4S2. The molecule has 10 heteroatoms. The molecule has 3 N–H and O–H groups in total. The molecule has 1 aliphatic heterocycles. The zero-order valence-corrected chi connectivity index (χ0v) is 12.8. The van der Waals surface area contributed by atoms with E-state index in [9.17, 15) is 16.8 Å². The third-order valence-corrected chi connectivity index (χ3v) is 7.08. The molecule has 8 nitrogen and oxygen atoms in total. The van der Waals surface area contributed by atoms with Crippen LogP contribution in [0.3, 0.4) is 0 Å². The molecule has 0 bridgehead atoms. The molecule has 0 radical (unpaired) electrons. The van der Waals surface area contributed by atoms with E-state index < -0.39 is 19.9 Å². The third-order valence-electron chi connectivity index (χ3n) is 3.27. The first-order valence-electron chi connectivity index (χ1n) is 6.22. The number of H-pyrrole nitrogens is 1. The lowest BCUT2D eigenvalue weighted by Gasteiger charge is -2.19. The summed E-state index contributed by atoms with van der Waals surface area (Å²) < 4.78 is 49.6. The molecular weight excluding hydrogens is 304 g/mol. The van der Waals surface area contributed by atoms with Gasteiger partial charge in [0.15, 0.2) is 9.84 Å². The SMILES string of the molecule is Cc1[nH]nc(CN)c1S(=O)(=O)N1CCCS(=O)(=O)CC1. The quantitative estimate of drug-likeness (QED) is 0.734. The normalized spacial score (nSPS) is 20.7. The van der Waals surface area contributed by atoms with Crippen LogP contribution in [0.5, 0.6) is 0 Å². The molecule has 0 amide bonds. The third kappa shape index (κ3) is 2.87. The first kappa shape index (κ1) is 15.4. The standard InChI is InChI=1S/C10H18N4O4S2/c1-8-10(9(7-11)13-12-8)20(17,18)14-3-2-5-19(15,16)6-4-14/h2-7,11H2,1H3,(H,12,13). The number of hydrogen-bond donors (Lipinski definition) is 2. The van der Waals surface area contributed by atoms with Crippen LogP contribution in [0, 0.1) is 6.92 Å². The zero-order chi connectivity index (χ0) is 15.0. The molecule has 114 valence electrons. The van der Waals surface area contributed by atoms with Gasteiger partial charge in [0.05, 0.1) is 22.9 Å². The van der Waals surface area contributed by atoms with Crippen LogP contribution in [0.4, 0.5) is 0 Å². The molecule has 1 aromatic rings. The second-order valence-electron chi connectivity index (χ2n) is 4.74. The van der Waals surface area contributed by atoms with Crippen LogP contribution in [0.25, 0.3) is 0 Å². The Bertz CT molecular complexity index is 693. The Morgan fingerprint density at radius 3 is 2.70 bits per heavy atom. The van der Waals surface area contributed by atoms with E-state index in [1.165, 1.54) is 4.31 Å². The fraction of sp³-hybridized carbons (Fsp3) is 0.700. The number of sulfonamides is 1. The summed E-state index contributed by atoms with van der Waals surface area (Å²) in [6, 6.07) is 0. The molecule has 1 saturated heterocycles. The van der Waals surface area contributed by atoms with Gasteiger partial charge in [-0.25, -0.2) is 16.8 Å². The van der Waals surface area contributed by atoms with Crippen molar-refractivity contribution in [1.29, 1.82) is 0 Å². The first-order chi connectivity index (χ1) is 9.28. The number of nitrogens with two attached hydrogens (primary N) is 1. The number of aryl methyl sites for hydroxylation is 1. The van der Waals surface area contributed by atoms with E-state index >= 15 is 0 Å². The van der Waals surface area contributed by atoms with E-state index in [4.69, 9.17) is 5.73 Å². The molecule has 2 heterocycles. The molecule has 0 saturated carbocycles. The maximum absolute atomic E-state index is 12.6. The monoisotopic (exact) mass is 322 g/mol. The lowest BCUT2D eigenvalue weighted by molar-refractivity contribution is 0.434. The Morgan fingerprint density at radius 1 is 1.35 bits per heavy atom. The number of nitrogens with zero attached hydrogens (tertiary/aromatic N) is 2. The Hall–Kier alpha value is -0.970. The summed E-state index contributed by atoms with van der Waals surface area (Å²) in [6.45, 7) is 1.77. The maximum Gasteiger partial charge on any atom is 0.246 e. The fourth-order valence-electron chi connectivity index (χ4n) is 2.24. The van der Waals surface area contributed by atoms with E-state index in [0.29, 0.717) is 12.1 Å². The highest BCUT2D eigenvalue weighted by atomic mass is 32.2. The molecule has 1 aromatic heterocycles. The minimum absolute atomic E-state index is 0.00500. The number of hydrogen-bond acceptors (Lipinski definition) is 6. The maximum atomic E-state index is 12.6.